The van der Waals surface area contributed by atoms with E-state index >= 15 is 0 Å². The highest BCUT2D eigenvalue weighted by atomic mass is 19.1. The van der Waals surface area contributed by atoms with E-state index in [9.17, 15) is 19.3 Å². The molecule has 0 saturated heterocycles. The lowest BCUT2D eigenvalue weighted by atomic mass is 10.1. The number of carbonyl (C=O) groups excluding carboxylic acids is 1. The molecule has 0 N–H and O–H groups in total. The Kier molecular flexibility index (Phi) is 5.73. The molecule has 0 amide bonds. The molecule has 1 aromatic heterocycles. The van der Waals surface area contributed by atoms with Crippen LogP contribution in [-0.4, -0.2) is 27.1 Å². The zero-order chi connectivity index (χ0) is 15.4. The maximum absolute atomic E-state index is 13.0. The monoisotopic (exact) mass is 309 g/mol. The van der Waals surface area contributed by atoms with Gasteiger partial charge in [-0.05, 0) is 34.5 Å². The van der Waals surface area contributed by atoms with Crippen LogP contribution in [0.25, 0.3) is 0 Å². The minimum atomic E-state index is -0.952. The van der Waals surface area contributed by atoms with Crippen molar-refractivity contribution < 1.29 is 18.8 Å². The van der Waals surface area contributed by atoms with Gasteiger partial charge in [0.2, 0.25) is 6.33 Å². The zero-order valence-corrected chi connectivity index (χ0v) is 11.1. The highest BCUT2D eigenvalue weighted by molar-refractivity contribution is 5.78. The molecule has 2 aromatic rings. The van der Waals surface area contributed by atoms with Gasteiger partial charge in [0, 0.05) is 0 Å². The van der Waals surface area contributed by atoms with Crippen molar-refractivity contribution in [2.24, 2.45) is 0 Å². The highest BCUT2D eigenvalue weighted by Gasteiger charge is 2.26. The lowest BCUT2D eigenvalue weighted by molar-refractivity contribution is -0.389. The summed E-state index contributed by atoms with van der Waals surface area (Å²) in [5, 5.41) is 10.7. The van der Waals surface area contributed by atoms with E-state index in [2.05, 4.69) is 4.98 Å². The summed E-state index contributed by atoms with van der Waals surface area (Å²) in [6.07, 6.45) is 2.30. The number of carbonyl (C=O) groups is 1. The molecular weight excluding hydrogens is 293 g/mol. The van der Waals surface area contributed by atoms with Gasteiger partial charge >= 0.3 is 11.8 Å². The summed E-state index contributed by atoms with van der Waals surface area (Å²) >= 11 is 0. The summed E-state index contributed by atoms with van der Waals surface area (Å²) in [5.74, 6) is -1.43. The maximum atomic E-state index is 13.0. The summed E-state index contributed by atoms with van der Waals surface area (Å²) in [6.45, 7) is 1.81. The molecule has 0 aliphatic heterocycles. The number of rotatable bonds is 5. The summed E-state index contributed by atoms with van der Waals surface area (Å²) in [6, 6.07) is 4.29. The fourth-order valence-corrected chi connectivity index (χ4v) is 1.86. The van der Waals surface area contributed by atoms with Gasteiger partial charge in [-0.25, -0.2) is 9.18 Å². The fourth-order valence-electron chi connectivity index (χ4n) is 1.86. The van der Waals surface area contributed by atoms with Crippen LogP contribution in [0.3, 0.4) is 0 Å². The Morgan fingerprint density at radius 2 is 2.09 bits per heavy atom. The molecule has 22 heavy (non-hydrogen) atoms. The lowest BCUT2D eigenvalue weighted by Gasteiger charge is -2.16. The second-order valence-corrected chi connectivity index (χ2v) is 4.14. The normalized spacial score (nSPS) is 11.4. The molecule has 0 saturated carbocycles. The van der Waals surface area contributed by atoms with Crippen LogP contribution in [0.1, 0.15) is 26.0 Å². The summed E-state index contributed by atoms with van der Waals surface area (Å²) in [7, 11) is 0. The molecule has 0 fully saturated rings. The predicted octanol–water partition coefficient (Wildman–Crippen LogP) is 2.72. The standard InChI is InChI=1S/C13H12FN3O4.CH4/c1-2-21-13(18)12(9-3-5-10(14)6-4-9)16-7-11(15-8-16)17(19)20;/h3-8,12H,2H2,1H3;1H4. The SMILES string of the molecule is C.CCOC(=O)C(c1ccc(F)cc1)n1cnc([N+](=O)[O-])c1. The van der Waals surface area contributed by atoms with Crippen LogP contribution in [0.15, 0.2) is 36.8 Å². The molecule has 8 heteroatoms. The first kappa shape index (κ1) is 17.3. The van der Waals surface area contributed by atoms with Gasteiger partial charge in [0.15, 0.2) is 6.04 Å². The van der Waals surface area contributed by atoms with Gasteiger partial charge in [0.1, 0.15) is 12.0 Å². The van der Waals surface area contributed by atoms with E-state index in [1.165, 1.54) is 35.2 Å². The molecule has 2 rings (SSSR count). The van der Waals surface area contributed by atoms with Gasteiger partial charge in [-0.3, -0.25) is 4.57 Å². The van der Waals surface area contributed by atoms with Crippen LogP contribution in [0.4, 0.5) is 10.2 Å². The highest BCUT2D eigenvalue weighted by Crippen LogP contribution is 2.22. The van der Waals surface area contributed by atoms with Crippen LogP contribution in [0.2, 0.25) is 0 Å². The molecule has 0 spiro atoms. The first-order valence-corrected chi connectivity index (χ1v) is 6.13. The third kappa shape index (κ3) is 3.66. The smallest absolute Gasteiger partial charge is 0.381 e. The van der Waals surface area contributed by atoms with Crippen molar-refractivity contribution in [3.8, 4) is 0 Å². The largest absolute Gasteiger partial charge is 0.464 e. The maximum Gasteiger partial charge on any atom is 0.381 e. The Bertz CT molecular complexity index is 654. The van der Waals surface area contributed by atoms with E-state index in [0.717, 1.165) is 6.20 Å². The Morgan fingerprint density at radius 1 is 1.45 bits per heavy atom. The minimum Gasteiger partial charge on any atom is -0.464 e. The Balaban J connectivity index is 0.00000242. The van der Waals surface area contributed by atoms with Crippen LogP contribution in [-0.2, 0) is 9.53 Å². The molecule has 0 aliphatic carbocycles. The molecule has 7 nitrogen and oxygen atoms in total. The van der Waals surface area contributed by atoms with Crippen molar-refractivity contribution in [2.75, 3.05) is 6.61 Å². The minimum absolute atomic E-state index is 0. The van der Waals surface area contributed by atoms with E-state index in [-0.39, 0.29) is 19.9 Å². The molecule has 0 radical (unpaired) electrons. The summed E-state index contributed by atoms with van der Waals surface area (Å²) in [5.41, 5.74) is 0.446. The summed E-state index contributed by atoms with van der Waals surface area (Å²) in [4.78, 5) is 25.7. The third-order valence-electron chi connectivity index (χ3n) is 2.77. The summed E-state index contributed by atoms with van der Waals surface area (Å²) < 4.78 is 19.2. The molecule has 0 bridgehead atoms. The van der Waals surface area contributed by atoms with Crippen molar-refractivity contribution in [1.29, 1.82) is 0 Å². The lowest BCUT2D eigenvalue weighted by Crippen LogP contribution is -2.22. The molecule has 0 aliphatic rings. The van der Waals surface area contributed by atoms with Gasteiger partial charge in [-0.1, -0.05) is 19.6 Å². The Hall–Kier alpha value is -2.77. The number of aromatic nitrogens is 2. The van der Waals surface area contributed by atoms with Crippen molar-refractivity contribution in [1.82, 2.24) is 9.55 Å². The van der Waals surface area contributed by atoms with E-state index in [4.69, 9.17) is 4.74 Å². The third-order valence-corrected chi connectivity index (χ3v) is 2.77. The number of benzene rings is 1. The van der Waals surface area contributed by atoms with Gasteiger partial charge in [0.05, 0.1) is 6.61 Å². The predicted molar refractivity (Wildman–Crippen MR) is 76.8 cm³/mol. The van der Waals surface area contributed by atoms with E-state index in [1.54, 1.807) is 6.92 Å². The van der Waals surface area contributed by atoms with Crippen molar-refractivity contribution in [3.63, 3.8) is 0 Å². The average Bonchev–Trinajstić information content (AvgIpc) is 2.91. The molecule has 1 atom stereocenters. The van der Waals surface area contributed by atoms with E-state index < -0.39 is 22.8 Å². The topological polar surface area (TPSA) is 87.3 Å². The second-order valence-electron chi connectivity index (χ2n) is 4.14. The quantitative estimate of drug-likeness (QED) is 0.481. The van der Waals surface area contributed by atoms with E-state index in [0.29, 0.717) is 5.56 Å². The molecular formula is C14H16FN3O4. The van der Waals surface area contributed by atoms with Gasteiger partial charge < -0.3 is 14.9 Å². The van der Waals surface area contributed by atoms with Gasteiger partial charge in [0.25, 0.3) is 0 Å². The van der Waals surface area contributed by atoms with Crippen LogP contribution < -0.4 is 0 Å². The second kappa shape index (κ2) is 7.30. The Labute approximate surface area is 126 Å². The number of hydrogen-bond acceptors (Lipinski definition) is 5. The number of nitro groups is 1. The van der Waals surface area contributed by atoms with Gasteiger partial charge in [-0.15, -0.1) is 0 Å². The van der Waals surface area contributed by atoms with Crippen molar-refractivity contribution in [3.05, 3.63) is 58.3 Å². The molecule has 1 heterocycles. The number of imidazole rings is 1. The van der Waals surface area contributed by atoms with Crippen LogP contribution >= 0.6 is 0 Å². The van der Waals surface area contributed by atoms with Crippen LogP contribution in [0, 0.1) is 15.9 Å². The van der Waals surface area contributed by atoms with Crippen molar-refractivity contribution >= 4 is 11.8 Å². The number of halogens is 1. The molecule has 1 aromatic carbocycles. The number of hydrogen-bond donors (Lipinski definition) is 0. The molecule has 1 unspecified atom stereocenters. The van der Waals surface area contributed by atoms with Gasteiger partial charge in [-0.2, -0.15) is 0 Å². The van der Waals surface area contributed by atoms with Crippen molar-refractivity contribution in [2.45, 2.75) is 20.4 Å². The van der Waals surface area contributed by atoms with E-state index in [1.807, 2.05) is 0 Å². The average molecular weight is 309 g/mol. The molecule has 118 valence electrons. The number of ether oxygens (including phenoxy) is 1. The zero-order valence-electron chi connectivity index (χ0n) is 11.1. The fraction of sp³-hybridized carbons (Fsp3) is 0.286. The first-order chi connectivity index (χ1) is 10.0. The number of nitrogens with zero attached hydrogens (tertiary/aromatic N) is 3. The Morgan fingerprint density at radius 3 is 2.59 bits per heavy atom. The number of esters is 1. The first-order valence-electron chi connectivity index (χ1n) is 6.13. The van der Waals surface area contributed by atoms with Crippen LogP contribution in [0.5, 0.6) is 0 Å².